The predicted octanol–water partition coefficient (Wildman–Crippen LogP) is 1.94. The lowest BCUT2D eigenvalue weighted by atomic mass is 9.86. The molecule has 3 nitrogen and oxygen atoms in total. The van der Waals surface area contributed by atoms with Crippen LogP contribution >= 0.6 is 0 Å². The topological polar surface area (TPSA) is 41.5 Å². The van der Waals surface area contributed by atoms with Crippen LogP contribution in [0.2, 0.25) is 0 Å². The first kappa shape index (κ1) is 14.0. The Morgan fingerprint density at radius 3 is 2.47 bits per heavy atom. The molecule has 0 saturated carbocycles. The van der Waals surface area contributed by atoms with E-state index in [4.69, 9.17) is 9.84 Å². The van der Waals surface area contributed by atoms with E-state index in [1.54, 1.807) is 0 Å². The van der Waals surface area contributed by atoms with E-state index in [2.05, 4.69) is 32.2 Å². The van der Waals surface area contributed by atoms with E-state index in [0.29, 0.717) is 6.61 Å². The molecule has 1 aromatic rings. The Morgan fingerprint density at radius 2 is 1.94 bits per heavy atom. The number of para-hydroxylation sites is 1. The Hall–Kier alpha value is -1.06. The summed E-state index contributed by atoms with van der Waals surface area (Å²) in [5.74, 6) is 0.897. The molecule has 0 aliphatic carbocycles. The molecule has 1 atom stereocenters. The van der Waals surface area contributed by atoms with Crippen molar-refractivity contribution in [2.75, 3.05) is 20.3 Å². The van der Waals surface area contributed by atoms with Gasteiger partial charge in [-0.15, -0.1) is 0 Å². The van der Waals surface area contributed by atoms with Crippen molar-refractivity contribution in [2.45, 2.75) is 32.2 Å². The molecule has 3 heteroatoms. The summed E-state index contributed by atoms with van der Waals surface area (Å²) in [6, 6.07) is 8.03. The van der Waals surface area contributed by atoms with Crippen LogP contribution in [0.1, 0.15) is 26.3 Å². The van der Waals surface area contributed by atoms with E-state index >= 15 is 0 Å². The van der Waals surface area contributed by atoms with Gasteiger partial charge in [0.25, 0.3) is 0 Å². The van der Waals surface area contributed by atoms with E-state index in [-0.39, 0.29) is 18.1 Å². The molecule has 0 bridgehead atoms. The summed E-state index contributed by atoms with van der Waals surface area (Å²) >= 11 is 0. The number of aliphatic hydroxyl groups is 1. The predicted molar refractivity (Wildman–Crippen MR) is 70.6 cm³/mol. The van der Waals surface area contributed by atoms with Gasteiger partial charge in [0, 0.05) is 0 Å². The molecule has 0 aromatic heterocycles. The van der Waals surface area contributed by atoms with Gasteiger partial charge in [-0.2, -0.15) is 0 Å². The van der Waals surface area contributed by atoms with Gasteiger partial charge in [0.2, 0.25) is 0 Å². The number of rotatable bonds is 5. The molecule has 0 fully saturated rings. The second-order valence-corrected chi connectivity index (χ2v) is 5.23. The molecule has 0 spiro atoms. The highest BCUT2D eigenvalue weighted by Crippen LogP contribution is 2.30. The lowest BCUT2D eigenvalue weighted by molar-refractivity contribution is 0.187. The van der Waals surface area contributed by atoms with Crippen LogP contribution in [0.3, 0.4) is 0 Å². The van der Waals surface area contributed by atoms with E-state index in [0.717, 1.165) is 5.75 Å². The Kier molecular flexibility index (Phi) is 4.97. The van der Waals surface area contributed by atoms with Gasteiger partial charge < -0.3 is 15.2 Å². The molecule has 0 aliphatic heterocycles. The Balaban J connectivity index is 2.77. The SMILES string of the molecule is CNC(CO)COc1ccccc1C(C)(C)C. The summed E-state index contributed by atoms with van der Waals surface area (Å²) in [7, 11) is 1.82. The fraction of sp³-hybridized carbons (Fsp3) is 0.571. The molecule has 0 amide bonds. The van der Waals surface area contributed by atoms with Gasteiger partial charge in [-0.05, 0) is 24.1 Å². The summed E-state index contributed by atoms with van der Waals surface area (Å²) in [5.41, 5.74) is 1.25. The summed E-state index contributed by atoms with van der Waals surface area (Å²) in [5, 5.41) is 12.1. The average Bonchev–Trinajstić information content (AvgIpc) is 2.29. The van der Waals surface area contributed by atoms with Crippen LogP contribution in [0.15, 0.2) is 24.3 Å². The zero-order chi connectivity index (χ0) is 12.9. The second-order valence-electron chi connectivity index (χ2n) is 5.23. The maximum Gasteiger partial charge on any atom is 0.123 e. The Bertz CT molecular complexity index is 340. The quantitative estimate of drug-likeness (QED) is 0.822. The fourth-order valence-electron chi connectivity index (χ4n) is 1.63. The number of ether oxygens (including phenoxy) is 1. The largest absolute Gasteiger partial charge is 0.492 e. The molecule has 17 heavy (non-hydrogen) atoms. The van der Waals surface area contributed by atoms with Crippen molar-refractivity contribution in [2.24, 2.45) is 0 Å². The number of hydrogen-bond acceptors (Lipinski definition) is 3. The molecule has 2 N–H and O–H groups in total. The minimum atomic E-state index is -0.0250. The van der Waals surface area contributed by atoms with Gasteiger partial charge >= 0.3 is 0 Å². The van der Waals surface area contributed by atoms with Crippen LogP contribution in [0, 0.1) is 0 Å². The van der Waals surface area contributed by atoms with Gasteiger partial charge in [-0.25, -0.2) is 0 Å². The van der Waals surface area contributed by atoms with Crippen molar-refractivity contribution in [1.82, 2.24) is 5.32 Å². The van der Waals surface area contributed by atoms with Gasteiger partial charge in [0.1, 0.15) is 12.4 Å². The maximum absolute atomic E-state index is 9.09. The monoisotopic (exact) mass is 237 g/mol. The van der Waals surface area contributed by atoms with Gasteiger partial charge in [-0.3, -0.25) is 0 Å². The molecule has 1 unspecified atom stereocenters. The Labute approximate surface area is 104 Å². The molecule has 0 aliphatic rings. The molecule has 0 saturated heterocycles. The van der Waals surface area contributed by atoms with Crippen molar-refractivity contribution in [3.05, 3.63) is 29.8 Å². The lowest BCUT2D eigenvalue weighted by Gasteiger charge is -2.23. The summed E-state index contributed by atoms with van der Waals surface area (Å²) < 4.78 is 5.79. The number of benzene rings is 1. The number of likely N-dealkylation sites (N-methyl/N-ethyl adjacent to an activating group) is 1. The zero-order valence-corrected chi connectivity index (χ0v) is 11.2. The fourth-order valence-corrected chi connectivity index (χ4v) is 1.63. The van der Waals surface area contributed by atoms with Crippen molar-refractivity contribution in [3.63, 3.8) is 0 Å². The molecule has 96 valence electrons. The molecular formula is C14H23NO2. The van der Waals surface area contributed by atoms with Crippen molar-refractivity contribution in [3.8, 4) is 5.75 Å². The smallest absolute Gasteiger partial charge is 0.123 e. The standard InChI is InChI=1S/C14H23NO2/c1-14(2,3)12-7-5-6-8-13(12)17-10-11(9-16)15-4/h5-8,11,15-16H,9-10H2,1-4H3. The number of hydrogen-bond donors (Lipinski definition) is 2. The molecule has 0 heterocycles. The van der Waals surface area contributed by atoms with E-state index in [1.807, 2.05) is 25.2 Å². The molecule has 0 radical (unpaired) electrons. The third-order valence-corrected chi connectivity index (χ3v) is 2.76. The van der Waals surface area contributed by atoms with Gasteiger partial charge in [0.05, 0.1) is 12.6 Å². The normalized spacial score (nSPS) is 13.5. The van der Waals surface area contributed by atoms with E-state index in [1.165, 1.54) is 5.56 Å². The van der Waals surface area contributed by atoms with Crippen molar-refractivity contribution in [1.29, 1.82) is 0 Å². The van der Waals surface area contributed by atoms with Gasteiger partial charge in [0.15, 0.2) is 0 Å². The molecule has 1 aromatic carbocycles. The highest BCUT2D eigenvalue weighted by molar-refractivity contribution is 5.38. The minimum absolute atomic E-state index is 0.0250. The van der Waals surface area contributed by atoms with Crippen LogP contribution in [0.4, 0.5) is 0 Å². The first-order valence-corrected chi connectivity index (χ1v) is 5.99. The summed E-state index contributed by atoms with van der Waals surface area (Å²) in [4.78, 5) is 0. The highest BCUT2D eigenvalue weighted by Gasteiger charge is 2.18. The van der Waals surface area contributed by atoms with Crippen molar-refractivity contribution >= 4 is 0 Å². The molecule has 1 rings (SSSR count). The third-order valence-electron chi connectivity index (χ3n) is 2.76. The van der Waals surface area contributed by atoms with Crippen molar-refractivity contribution < 1.29 is 9.84 Å². The first-order valence-electron chi connectivity index (χ1n) is 5.99. The summed E-state index contributed by atoms with van der Waals surface area (Å²) in [6.45, 7) is 7.04. The zero-order valence-electron chi connectivity index (χ0n) is 11.2. The second kappa shape index (κ2) is 6.03. The Morgan fingerprint density at radius 1 is 1.29 bits per heavy atom. The van der Waals surface area contributed by atoms with E-state index in [9.17, 15) is 0 Å². The van der Waals surface area contributed by atoms with Crippen LogP contribution < -0.4 is 10.1 Å². The van der Waals surface area contributed by atoms with Gasteiger partial charge in [-0.1, -0.05) is 39.0 Å². The van der Waals surface area contributed by atoms with Crippen LogP contribution in [-0.2, 0) is 5.41 Å². The minimum Gasteiger partial charge on any atom is -0.492 e. The lowest BCUT2D eigenvalue weighted by Crippen LogP contribution is -2.35. The third kappa shape index (κ3) is 4.02. The maximum atomic E-state index is 9.09. The van der Waals surface area contributed by atoms with E-state index < -0.39 is 0 Å². The van der Waals surface area contributed by atoms with Crippen LogP contribution in [0.5, 0.6) is 5.75 Å². The number of aliphatic hydroxyl groups excluding tert-OH is 1. The highest BCUT2D eigenvalue weighted by atomic mass is 16.5. The van der Waals surface area contributed by atoms with Crippen LogP contribution in [0.25, 0.3) is 0 Å². The summed E-state index contributed by atoms with van der Waals surface area (Å²) in [6.07, 6.45) is 0. The number of nitrogens with one attached hydrogen (secondary N) is 1. The average molecular weight is 237 g/mol. The first-order chi connectivity index (χ1) is 7.99. The molecular weight excluding hydrogens is 214 g/mol. The van der Waals surface area contributed by atoms with Crippen LogP contribution in [-0.4, -0.2) is 31.4 Å².